The van der Waals surface area contributed by atoms with Gasteiger partial charge in [-0.3, -0.25) is 0 Å². The molecule has 5 rings (SSSR count). The van der Waals surface area contributed by atoms with Crippen molar-refractivity contribution in [2.45, 2.75) is 6.54 Å². The molecule has 7 nitrogen and oxygen atoms in total. The second kappa shape index (κ2) is 10.8. The van der Waals surface area contributed by atoms with Crippen LogP contribution in [-0.4, -0.2) is 24.2 Å². The Bertz CT molecular complexity index is 1640. The highest BCUT2D eigenvalue weighted by atomic mass is 16.5. The molecule has 5 aromatic rings. The van der Waals surface area contributed by atoms with Crippen molar-refractivity contribution in [3.05, 3.63) is 96.1 Å². The van der Waals surface area contributed by atoms with Gasteiger partial charge in [-0.05, 0) is 41.5 Å². The lowest BCUT2D eigenvalue weighted by Gasteiger charge is -2.19. The lowest BCUT2D eigenvalue weighted by Crippen LogP contribution is -2.05. The van der Waals surface area contributed by atoms with Gasteiger partial charge in [0.05, 0.1) is 25.1 Å². The molecule has 0 radical (unpaired) electrons. The summed E-state index contributed by atoms with van der Waals surface area (Å²) in [6.07, 6.45) is 5.61. The topological polar surface area (TPSA) is 94.3 Å². The number of aromatic nitrogens is 2. The van der Waals surface area contributed by atoms with Crippen molar-refractivity contribution < 1.29 is 9.47 Å². The third-order valence-electron chi connectivity index (χ3n) is 6.13. The fourth-order valence-electron chi connectivity index (χ4n) is 4.40. The predicted molar refractivity (Wildman–Crippen MR) is 154 cm³/mol. The fraction of sp³-hybridized carbons (Fsp3) is 0.0968. The van der Waals surface area contributed by atoms with Gasteiger partial charge in [-0.25, -0.2) is 4.98 Å². The summed E-state index contributed by atoms with van der Waals surface area (Å²) in [5.74, 6) is 4.42. The van der Waals surface area contributed by atoms with Crippen LogP contribution < -0.4 is 25.8 Å². The van der Waals surface area contributed by atoms with E-state index in [4.69, 9.17) is 21.6 Å². The standard InChI is InChI=1S/C31H27N5O2/c1-4-20-12-8-15-24(16-20)34-30-28-25(35-31(32)36-30)18-26(37-2)29(38-3)27(28)22-13-9-14-23(17-22)33-19-21-10-6-5-7-11-21/h1,5-18,33H,19H2,2-3H3,(H3,32,34,35,36). The molecule has 0 bridgehead atoms. The maximum Gasteiger partial charge on any atom is 0.222 e. The number of nitrogen functional groups attached to an aromatic ring is 1. The van der Waals surface area contributed by atoms with Crippen LogP contribution in [0.15, 0.2) is 84.9 Å². The summed E-state index contributed by atoms with van der Waals surface area (Å²) >= 11 is 0. The molecule has 0 unspecified atom stereocenters. The number of hydrogen-bond acceptors (Lipinski definition) is 7. The number of nitrogens with zero attached hydrogens (tertiary/aromatic N) is 2. The first kappa shape index (κ1) is 24.5. The van der Waals surface area contributed by atoms with E-state index >= 15 is 0 Å². The van der Waals surface area contributed by atoms with E-state index in [1.54, 1.807) is 20.3 Å². The Hall–Kier alpha value is -5.22. The number of rotatable bonds is 8. The molecule has 188 valence electrons. The van der Waals surface area contributed by atoms with Gasteiger partial charge in [0.25, 0.3) is 0 Å². The summed E-state index contributed by atoms with van der Waals surface area (Å²) in [4.78, 5) is 9.08. The number of methoxy groups -OCH3 is 2. The molecular formula is C31H27N5O2. The van der Waals surface area contributed by atoms with E-state index in [-0.39, 0.29) is 5.95 Å². The van der Waals surface area contributed by atoms with Crippen molar-refractivity contribution in [2.75, 3.05) is 30.6 Å². The van der Waals surface area contributed by atoms with Gasteiger partial charge < -0.3 is 25.8 Å². The first-order valence-corrected chi connectivity index (χ1v) is 12.0. The van der Waals surface area contributed by atoms with Crippen molar-refractivity contribution >= 4 is 34.0 Å². The van der Waals surface area contributed by atoms with Crippen LogP contribution in [0, 0.1) is 12.3 Å². The van der Waals surface area contributed by atoms with Crippen LogP contribution in [0.25, 0.3) is 22.0 Å². The monoisotopic (exact) mass is 501 g/mol. The Morgan fingerprint density at radius 1 is 0.868 bits per heavy atom. The predicted octanol–water partition coefficient (Wildman–Crippen LogP) is 6.23. The number of terminal acetylenes is 1. The van der Waals surface area contributed by atoms with Gasteiger partial charge in [0.1, 0.15) is 5.82 Å². The molecule has 0 atom stereocenters. The second-order valence-electron chi connectivity index (χ2n) is 8.58. The van der Waals surface area contributed by atoms with Gasteiger partial charge in [-0.15, -0.1) is 6.42 Å². The van der Waals surface area contributed by atoms with Gasteiger partial charge in [0.15, 0.2) is 11.5 Å². The van der Waals surface area contributed by atoms with Crippen LogP contribution in [0.2, 0.25) is 0 Å². The third-order valence-corrected chi connectivity index (χ3v) is 6.13. The minimum absolute atomic E-state index is 0.129. The highest BCUT2D eigenvalue weighted by Crippen LogP contribution is 2.46. The molecule has 0 amide bonds. The molecule has 0 aliphatic carbocycles. The Labute approximate surface area is 221 Å². The van der Waals surface area contributed by atoms with E-state index in [2.05, 4.69) is 44.7 Å². The van der Waals surface area contributed by atoms with Crippen LogP contribution in [0.4, 0.5) is 23.1 Å². The highest BCUT2D eigenvalue weighted by Gasteiger charge is 2.22. The molecule has 0 spiro atoms. The van der Waals surface area contributed by atoms with Crippen molar-refractivity contribution in [1.82, 2.24) is 9.97 Å². The minimum Gasteiger partial charge on any atom is -0.493 e. The number of nitrogens with one attached hydrogen (secondary N) is 2. The SMILES string of the molecule is C#Cc1cccc(Nc2nc(N)nc3cc(OC)c(OC)c(-c4cccc(NCc5ccccc5)c4)c23)c1. The summed E-state index contributed by atoms with van der Waals surface area (Å²) in [5.41, 5.74) is 12.1. The van der Waals surface area contributed by atoms with E-state index in [9.17, 15) is 0 Å². The summed E-state index contributed by atoms with van der Waals surface area (Å²) in [7, 11) is 3.21. The van der Waals surface area contributed by atoms with Crippen molar-refractivity contribution in [3.8, 4) is 35.0 Å². The molecular weight excluding hydrogens is 474 g/mol. The zero-order valence-corrected chi connectivity index (χ0v) is 21.2. The Kier molecular flexibility index (Phi) is 6.96. The molecule has 0 aliphatic heterocycles. The van der Waals surface area contributed by atoms with E-state index in [1.165, 1.54) is 5.56 Å². The second-order valence-corrected chi connectivity index (χ2v) is 8.58. The van der Waals surface area contributed by atoms with Crippen LogP contribution in [0.5, 0.6) is 11.5 Å². The molecule has 0 fully saturated rings. The van der Waals surface area contributed by atoms with Crippen LogP contribution in [0.3, 0.4) is 0 Å². The number of anilines is 4. The number of nitrogens with two attached hydrogens (primary N) is 1. The molecule has 0 saturated heterocycles. The van der Waals surface area contributed by atoms with Gasteiger partial charge in [0, 0.05) is 35.1 Å². The molecule has 4 N–H and O–H groups in total. The van der Waals surface area contributed by atoms with Gasteiger partial charge in [0.2, 0.25) is 5.95 Å². The first-order chi connectivity index (χ1) is 18.6. The molecule has 38 heavy (non-hydrogen) atoms. The summed E-state index contributed by atoms with van der Waals surface area (Å²) in [6.45, 7) is 0.693. The molecule has 1 aromatic heterocycles. The summed E-state index contributed by atoms with van der Waals surface area (Å²) < 4.78 is 11.6. The first-order valence-electron chi connectivity index (χ1n) is 12.0. The van der Waals surface area contributed by atoms with E-state index < -0.39 is 0 Å². The normalized spacial score (nSPS) is 10.6. The Morgan fingerprint density at radius 2 is 1.66 bits per heavy atom. The quantitative estimate of drug-likeness (QED) is 0.217. The largest absolute Gasteiger partial charge is 0.493 e. The lowest BCUT2D eigenvalue weighted by atomic mass is 9.98. The zero-order valence-electron chi connectivity index (χ0n) is 21.2. The number of fused-ring (bicyclic) bond motifs is 1. The van der Waals surface area contributed by atoms with Crippen LogP contribution in [-0.2, 0) is 6.54 Å². The number of ether oxygens (including phenoxy) is 2. The molecule has 1 heterocycles. The van der Waals surface area contributed by atoms with Crippen molar-refractivity contribution in [3.63, 3.8) is 0 Å². The molecule has 7 heteroatoms. The van der Waals surface area contributed by atoms with E-state index in [0.29, 0.717) is 29.4 Å². The van der Waals surface area contributed by atoms with E-state index in [0.717, 1.165) is 33.5 Å². The zero-order chi connectivity index (χ0) is 26.5. The Morgan fingerprint density at radius 3 is 2.42 bits per heavy atom. The Balaban J connectivity index is 1.67. The number of hydrogen-bond donors (Lipinski definition) is 3. The minimum atomic E-state index is 0.129. The van der Waals surface area contributed by atoms with Crippen molar-refractivity contribution in [2.24, 2.45) is 0 Å². The lowest BCUT2D eigenvalue weighted by molar-refractivity contribution is 0.357. The van der Waals surface area contributed by atoms with Crippen LogP contribution in [0.1, 0.15) is 11.1 Å². The van der Waals surface area contributed by atoms with Crippen molar-refractivity contribution in [1.29, 1.82) is 0 Å². The van der Waals surface area contributed by atoms with Gasteiger partial charge >= 0.3 is 0 Å². The average molecular weight is 502 g/mol. The fourth-order valence-corrected chi connectivity index (χ4v) is 4.40. The summed E-state index contributed by atoms with van der Waals surface area (Å²) in [5, 5.41) is 7.63. The maximum atomic E-state index is 6.13. The van der Waals surface area contributed by atoms with Gasteiger partial charge in [-0.1, -0.05) is 54.5 Å². The van der Waals surface area contributed by atoms with Gasteiger partial charge in [-0.2, -0.15) is 4.98 Å². The summed E-state index contributed by atoms with van der Waals surface area (Å²) in [6, 6.07) is 27.7. The maximum absolute atomic E-state index is 6.13. The molecule has 0 saturated carbocycles. The smallest absolute Gasteiger partial charge is 0.222 e. The van der Waals surface area contributed by atoms with Crippen LogP contribution >= 0.6 is 0 Å². The molecule has 4 aromatic carbocycles. The number of benzene rings is 4. The highest BCUT2D eigenvalue weighted by molar-refractivity contribution is 6.07. The average Bonchev–Trinajstić information content (AvgIpc) is 2.95. The van der Waals surface area contributed by atoms with E-state index in [1.807, 2.05) is 60.7 Å². The third kappa shape index (κ3) is 5.01. The molecule has 0 aliphatic rings.